The van der Waals surface area contributed by atoms with Crippen LogP contribution in [0.5, 0.6) is 11.5 Å². The zero-order valence-corrected chi connectivity index (χ0v) is 13.4. The van der Waals surface area contributed by atoms with Crippen molar-refractivity contribution >= 4 is 21.8 Å². The van der Waals surface area contributed by atoms with Crippen molar-refractivity contribution in [2.75, 3.05) is 14.2 Å². The smallest absolute Gasteiger partial charge is 0.251 e. The largest absolute Gasteiger partial charge is 0.497 e. The topological polar surface area (TPSA) is 47.6 Å². The molecule has 1 N–H and O–H groups in total. The number of hydrogen-bond acceptors (Lipinski definition) is 3. The number of rotatable bonds is 5. The molecule has 0 spiro atoms. The monoisotopic (exact) mass is 349 g/mol. The van der Waals surface area contributed by atoms with Gasteiger partial charge in [0, 0.05) is 28.2 Å². The van der Waals surface area contributed by atoms with Crippen molar-refractivity contribution in [3.63, 3.8) is 0 Å². The van der Waals surface area contributed by atoms with Crippen molar-refractivity contribution in [2.45, 2.75) is 6.54 Å². The minimum Gasteiger partial charge on any atom is -0.497 e. The molecule has 2 rings (SSSR count). The third-order valence-electron chi connectivity index (χ3n) is 3.02. The van der Waals surface area contributed by atoms with Gasteiger partial charge in [-0.25, -0.2) is 0 Å². The Kier molecular flexibility index (Phi) is 5.22. The van der Waals surface area contributed by atoms with E-state index in [0.29, 0.717) is 23.6 Å². The van der Waals surface area contributed by atoms with Crippen LogP contribution in [0.3, 0.4) is 0 Å². The molecule has 2 aromatic rings. The number of halogens is 1. The first kappa shape index (κ1) is 15.4. The predicted octanol–water partition coefficient (Wildman–Crippen LogP) is 3.40. The highest BCUT2D eigenvalue weighted by Gasteiger charge is 2.09. The van der Waals surface area contributed by atoms with E-state index in [4.69, 9.17) is 9.47 Å². The molecule has 0 aromatic heterocycles. The summed E-state index contributed by atoms with van der Waals surface area (Å²) in [5, 5.41) is 2.87. The van der Waals surface area contributed by atoms with Crippen LogP contribution in [0.1, 0.15) is 15.9 Å². The lowest BCUT2D eigenvalue weighted by Gasteiger charge is -2.11. The van der Waals surface area contributed by atoms with E-state index in [2.05, 4.69) is 21.2 Å². The molecule has 0 aliphatic carbocycles. The second-order valence-corrected chi connectivity index (χ2v) is 5.29. The first-order valence-electron chi connectivity index (χ1n) is 6.38. The summed E-state index contributed by atoms with van der Waals surface area (Å²) in [5.74, 6) is 1.27. The fourth-order valence-electron chi connectivity index (χ4n) is 1.91. The van der Waals surface area contributed by atoms with Crippen LogP contribution in [0.2, 0.25) is 0 Å². The molecule has 2 aromatic carbocycles. The van der Waals surface area contributed by atoms with Gasteiger partial charge in [0.1, 0.15) is 11.5 Å². The minimum absolute atomic E-state index is 0.130. The van der Waals surface area contributed by atoms with Gasteiger partial charge in [0.2, 0.25) is 0 Å². The third kappa shape index (κ3) is 3.98. The normalized spacial score (nSPS) is 10.0. The van der Waals surface area contributed by atoms with Crippen molar-refractivity contribution in [1.82, 2.24) is 5.32 Å². The average Bonchev–Trinajstić information content (AvgIpc) is 2.52. The van der Waals surface area contributed by atoms with Crippen molar-refractivity contribution in [2.24, 2.45) is 0 Å². The Labute approximate surface area is 132 Å². The molecule has 0 saturated heterocycles. The summed E-state index contributed by atoms with van der Waals surface area (Å²) in [7, 11) is 3.19. The fourth-order valence-corrected chi connectivity index (χ4v) is 2.30. The molecule has 0 atom stereocenters. The number of ether oxygens (including phenoxy) is 2. The van der Waals surface area contributed by atoms with Crippen molar-refractivity contribution in [1.29, 1.82) is 0 Å². The van der Waals surface area contributed by atoms with Crippen molar-refractivity contribution in [3.05, 3.63) is 58.1 Å². The highest BCUT2D eigenvalue weighted by Crippen LogP contribution is 2.24. The summed E-state index contributed by atoms with van der Waals surface area (Å²) < 4.78 is 11.3. The summed E-state index contributed by atoms with van der Waals surface area (Å²) in [5.41, 5.74) is 1.50. The molecule has 0 aliphatic rings. The van der Waals surface area contributed by atoms with Crippen LogP contribution in [0, 0.1) is 0 Å². The van der Waals surface area contributed by atoms with Gasteiger partial charge in [-0.15, -0.1) is 0 Å². The summed E-state index contributed by atoms with van der Waals surface area (Å²) in [6.45, 7) is 0.387. The second kappa shape index (κ2) is 7.13. The Morgan fingerprint density at radius 3 is 2.62 bits per heavy atom. The van der Waals surface area contributed by atoms with Gasteiger partial charge in [-0.2, -0.15) is 0 Å². The number of benzene rings is 2. The van der Waals surface area contributed by atoms with Crippen LogP contribution in [0.25, 0.3) is 0 Å². The Bertz CT molecular complexity index is 643. The molecule has 0 fully saturated rings. The Morgan fingerprint density at radius 2 is 1.95 bits per heavy atom. The van der Waals surface area contributed by atoms with Gasteiger partial charge >= 0.3 is 0 Å². The van der Waals surface area contributed by atoms with E-state index >= 15 is 0 Å². The molecule has 110 valence electrons. The molecule has 4 nitrogen and oxygen atoms in total. The molecule has 5 heteroatoms. The molecule has 0 radical (unpaired) electrons. The van der Waals surface area contributed by atoms with E-state index in [1.165, 1.54) is 0 Å². The maximum Gasteiger partial charge on any atom is 0.251 e. The maximum absolute atomic E-state index is 12.1. The van der Waals surface area contributed by atoms with Gasteiger partial charge in [-0.1, -0.05) is 22.0 Å². The number of nitrogens with one attached hydrogen (secondary N) is 1. The van der Waals surface area contributed by atoms with E-state index in [1.807, 2.05) is 24.3 Å². The molecular formula is C16H16BrNO3. The van der Waals surface area contributed by atoms with Gasteiger partial charge in [0.05, 0.1) is 14.2 Å². The number of carbonyl (C=O) groups is 1. The molecule has 1 amide bonds. The Morgan fingerprint density at radius 1 is 1.14 bits per heavy atom. The summed E-state index contributed by atoms with van der Waals surface area (Å²) >= 11 is 3.35. The van der Waals surface area contributed by atoms with Crippen LogP contribution >= 0.6 is 15.9 Å². The van der Waals surface area contributed by atoms with E-state index in [0.717, 1.165) is 10.0 Å². The zero-order valence-electron chi connectivity index (χ0n) is 11.9. The number of amides is 1. The number of methoxy groups -OCH3 is 2. The highest BCUT2D eigenvalue weighted by atomic mass is 79.9. The molecule has 0 aliphatic heterocycles. The van der Waals surface area contributed by atoms with Gasteiger partial charge in [0.25, 0.3) is 5.91 Å². The molecule has 0 unspecified atom stereocenters. The lowest BCUT2D eigenvalue weighted by Crippen LogP contribution is -2.23. The molecular weight excluding hydrogens is 334 g/mol. The standard InChI is InChI=1S/C16H16BrNO3/c1-20-14-7-6-12(15(9-14)21-2)10-18-16(19)11-4-3-5-13(17)8-11/h3-9H,10H2,1-2H3,(H,18,19). The van der Waals surface area contributed by atoms with Gasteiger partial charge in [-0.3, -0.25) is 4.79 Å². The SMILES string of the molecule is COc1ccc(CNC(=O)c2cccc(Br)c2)c(OC)c1. The molecule has 0 bridgehead atoms. The number of hydrogen-bond donors (Lipinski definition) is 1. The lowest BCUT2D eigenvalue weighted by molar-refractivity contribution is 0.0950. The maximum atomic E-state index is 12.1. The van der Waals surface area contributed by atoms with Crippen molar-refractivity contribution < 1.29 is 14.3 Å². The van der Waals surface area contributed by atoms with Crippen LogP contribution in [-0.2, 0) is 6.54 Å². The quantitative estimate of drug-likeness (QED) is 0.899. The first-order valence-corrected chi connectivity index (χ1v) is 7.18. The molecule has 0 saturated carbocycles. The van der Waals surface area contributed by atoms with Crippen LogP contribution < -0.4 is 14.8 Å². The summed E-state index contributed by atoms with van der Waals surface area (Å²) in [6.07, 6.45) is 0. The first-order chi connectivity index (χ1) is 10.1. The third-order valence-corrected chi connectivity index (χ3v) is 3.51. The summed E-state index contributed by atoms with van der Waals surface area (Å²) in [6, 6.07) is 12.8. The lowest BCUT2D eigenvalue weighted by atomic mass is 10.1. The van der Waals surface area contributed by atoms with E-state index < -0.39 is 0 Å². The van der Waals surface area contributed by atoms with E-state index in [-0.39, 0.29) is 5.91 Å². The van der Waals surface area contributed by atoms with Crippen LogP contribution in [0.15, 0.2) is 46.9 Å². The predicted molar refractivity (Wildman–Crippen MR) is 84.9 cm³/mol. The number of carbonyl (C=O) groups excluding carboxylic acids is 1. The zero-order chi connectivity index (χ0) is 15.2. The van der Waals surface area contributed by atoms with Crippen LogP contribution in [-0.4, -0.2) is 20.1 Å². The van der Waals surface area contributed by atoms with Crippen molar-refractivity contribution in [3.8, 4) is 11.5 Å². The van der Waals surface area contributed by atoms with E-state index in [1.54, 1.807) is 32.4 Å². The van der Waals surface area contributed by atoms with Gasteiger partial charge in [0.15, 0.2) is 0 Å². The Hall–Kier alpha value is -2.01. The highest BCUT2D eigenvalue weighted by molar-refractivity contribution is 9.10. The Balaban J connectivity index is 2.07. The van der Waals surface area contributed by atoms with E-state index in [9.17, 15) is 4.79 Å². The van der Waals surface area contributed by atoms with Crippen LogP contribution in [0.4, 0.5) is 0 Å². The minimum atomic E-state index is -0.130. The fraction of sp³-hybridized carbons (Fsp3) is 0.188. The summed E-state index contributed by atoms with van der Waals surface area (Å²) in [4.78, 5) is 12.1. The van der Waals surface area contributed by atoms with Gasteiger partial charge < -0.3 is 14.8 Å². The van der Waals surface area contributed by atoms with Gasteiger partial charge in [-0.05, 0) is 30.3 Å². The average molecular weight is 350 g/mol. The molecule has 21 heavy (non-hydrogen) atoms. The molecule has 0 heterocycles. The second-order valence-electron chi connectivity index (χ2n) is 4.37.